The number of hydrogen-bond donors (Lipinski definition) is 1. The molecule has 1 amide bonds. The van der Waals surface area contributed by atoms with Crippen molar-refractivity contribution in [1.29, 1.82) is 0 Å². The first-order valence-corrected chi connectivity index (χ1v) is 12.6. The van der Waals surface area contributed by atoms with Crippen LogP contribution in [-0.2, 0) is 9.47 Å². The van der Waals surface area contributed by atoms with Crippen molar-refractivity contribution in [2.45, 2.75) is 63.8 Å². The lowest BCUT2D eigenvalue weighted by molar-refractivity contribution is 0.0123. The number of ether oxygens (including phenoxy) is 2. The van der Waals surface area contributed by atoms with Gasteiger partial charge in [0.1, 0.15) is 10.8 Å². The second-order valence-electron chi connectivity index (χ2n) is 9.82. The summed E-state index contributed by atoms with van der Waals surface area (Å²) in [6.07, 6.45) is 4.43. The SMILES string of the molecule is CC(C)(C)OC(=O)N1C2CCC1CN(c1nnc(-c3cnc(Cl)cc3N[C@@H]3CCOC3)s1)C2. The number of nitrogens with one attached hydrogen (secondary N) is 1. The molecule has 0 saturated carbocycles. The van der Waals surface area contributed by atoms with Crippen molar-refractivity contribution in [3.63, 3.8) is 0 Å². The van der Waals surface area contributed by atoms with E-state index < -0.39 is 5.60 Å². The van der Waals surface area contributed by atoms with Crippen LogP contribution >= 0.6 is 22.9 Å². The van der Waals surface area contributed by atoms with E-state index >= 15 is 0 Å². The Balaban J connectivity index is 1.32. The lowest BCUT2D eigenvalue weighted by atomic mass is 10.2. The Bertz CT molecular complexity index is 1010. The Labute approximate surface area is 202 Å². The molecule has 3 fully saturated rings. The molecule has 3 saturated heterocycles. The smallest absolute Gasteiger partial charge is 0.410 e. The van der Waals surface area contributed by atoms with Crippen molar-refractivity contribution in [2.24, 2.45) is 0 Å². The van der Waals surface area contributed by atoms with Crippen molar-refractivity contribution in [3.8, 4) is 10.6 Å². The lowest BCUT2D eigenvalue weighted by Crippen LogP contribution is -2.56. The van der Waals surface area contributed by atoms with Crippen molar-refractivity contribution in [3.05, 3.63) is 17.4 Å². The highest BCUT2D eigenvalue weighted by Crippen LogP contribution is 2.38. The summed E-state index contributed by atoms with van der Waals surface area (Å²) in [4.78, 5) is 21.2. The topological polar surface area (TPSA) is 92.7 Å². The highest BCUT2D eigenvalue weighted by atomic mass is 35.5. The molecule has 0 aromatic carbocycles. The average Bonchev–Trinajstić information content (AvgIpc) is 3.47. The lowest BCUT2D eigenvalue weighted by Gasteiger charge is -2.41. The van der Waals surface area contributed by atoms with Crippen LogP contribution in [0.25, 0.3) is 10.6 Å². The molecule has 5 heterocycles. The summed E-state index contributed by atoms with van der Waals surface area (Å²) in [7, 11) is 0. The number of pyridine rings is 1. The molecule has 0 radical (unpaired) electrons. The van der Waals surface area contributed by atoms with Gasteiger partial charge in [-0.2, -0.15) is 0 Å². The molecule has 11 heteroatoms. The third-order valence-electron chi connectivity index (χ3n) is 6.16. The van der Waals surface area contributed by atoms with E-state index in [1.165, 1.54) is 11.3 Å². The third kappa shape index (κ3) is 4.88. The van der Waals surface area contributed by atoms with Gasteiger partial charge >= 0.3 is 6.09 Å². The van der Waals surface area contributed by atoms with Crippen molar-refractivity contribution in [2.75, 3.05) is 36.5 Å². The average molecular weight is 493 g/mol. The van der Waals surface area contributed by atoms with Crippen LogP contribution in [0.5, 0.6) is 0 Å². The van der Waals surface area contributed by atoms with Crippen molar-refractivity contribution >= 4 is 39.8 Å². The summed E-state index contributed by atoms with van der Waals surface area (Å²) in [6.45, 7) is 8.60. The van der Waals surface area contributed by atoms with Gasteiger partial charge in [0, 0.05) is 31.6 Å². The van der Waals surface area contributed by atoms with Crippen LogP contribution in [0.4, 0.5) is 15.6 Å². The molecule has 0 spiro atoms. The van der Waals surface area contributed by atoms with Gasteiger partial charge in [-0.25, -0.2) is 9.78 Å². The van der Waals surface area contributed by atoms with Crippen LogP contribution in [0.15, 0.2) is 12.3 Å². The molecular weight excluding hydrogens is 464 g/mol. The van der Waals surface area contributed by atoms with E-state index in [4.69, 9.17) is 21.1 Å². The minimum absolute atomic E-state index is 0.128. The van der Waals surface area contributed by atoms with E-state index in [1.807, 2.05) is 31.7 Å². The molecule has 2 aromatic rings. The van der Waals surface area contributed by atoms with Crippen LogP contribution in [0.3, 0.4) is 0 Å². The van der Waals surface area contributed by atoms with Gasteiger partial charge in [-0.1, -0.05) is 22.9 Å². The van der Waals surface area contributed by atoms with Gasteiger partial charge < -0.3 is 19.7 Å². The number of carbonyl (C=O) groups is 1. The van der Waals surface area contributed by atoms with Gasteiger partial charge in [-0.15, -0.1) is 10.2 Å². The van der Waals surface area contributed by atoms with Crippen molar-refractivity contribution in [1.82, 2.24) is 20.1 Å². The maximum absolute atomic E-state index is 12.7. The first-order valence-electron chi connectivity index (χ1n) is 11.4. The normalized spacial score (nSPS) is 24.9. The van der Waals surface area contributed by atoms with Gasteiger partial charge in [0.25, 0.3) is 0 Å². The molecule has 5 rings (SSSR count). The molecular formula is C22H29ClN6O3S. The molecule has 0 aliphatic carbocycles. The van der Waals surface area contributed by atoms with E-state index in [0.29, 0.717) is 11.8 Å². The Morgan fingerprint density at radius 2 is 2.00 bits per heavy atom. The minimum Gasteiger partial charge on any atom is -0.444 e. The zero-order chi connectivity index (χ0) is 23.2. The number of aromatic nitrogens is 3. The summed E-state index contributed by atoms with van der Waals surface area (Å²) in [5, 5.41) is 14.5. The quantitative estimate of drug-likeness (QED) is 0.639. The van der Waals surface area contributed by atoms with Crippen LogP contribution in [0.2, 0.25) is 5.15 Å². The van der Waals surface area contributed by atoms with Gasteiger partial charge in [0.05, 0.1) is 30.3 Å². The van der Waals surface area contributed by atoms with Gasteiger partial charge in [0.2, 0.25) is 5.13 Å². The molecule has 1 N–H and O–H groups in total. The maximum atomic E-state index is 12.7. The predicted octanol–water partition coefficient (Wildman–Crippen LogP) is 4.04. The standard InChI is InChI=1S/C22H29ClN6O3S/c1-22(2,3)32-21(30)29-14-4-5-15(29)11-28(10-14)20-27-26-19(33-20)16-9-24-18(23)8-17(16)25-13-6-7-31-12-13/h8-9,13-15H,4-7,10-12H2,1-3H3,(H,24,25)/t13-,14?,15?/m1/s1. The number of anilines is 2. The molecule has 3 aliphatic rings. The van der Waals surface area contributed by atoms with Crippen LogP contribution in [0, 0.1) is 0 Å². The Morgan fingerprint density at radius 3 is 2.67 bits per heavy atom. The summed E-state index contributed by atoms with van der Waals surface area (Å²) >= 11 is 7.71. The Kier molecular flexibility index (Phi) is 6.09. The van der Waals surface area contributed by atoms with Crippen LogP contribution < -0.4 is 10.2 Å². The largest absolute Gasteiger partial charge is 0.444 e. The predicted molar refractivity (Wildman–Crippen MR) is 128 cm³/mol. The molecule has 2 unspecified atom stereocenters. The van der Waals surface area contributed by atoms with Crippen LogP contribution in [0.1, 0.15) is 40.0 Å². The van der Waals surface area contributed by atoms with Crippen molar-refractivity contribution < 1.29 is 14.3 Å². The van der Waals surface area contributed by atoms with E-state index in [0.717, 1.165) is 60.3 Å². The molecule has 3 aliphatic heterocycles. The summed E-state index contributed by atoms with van der Waals surface area (Å²) in [5.41, 5.74) is 1.28. The zero-order valence-electron chi connectivity index (χ0n) is 19.1. The van der Waals surface area contributed by atoms with E-state index in [2.05, 4.69) is 25.4 Å². The molecule has 2 bridgehead atoms. The second kappa shape index (κ2) is 8.88. The van der Waals surface area contributed by atoms with E-state index in [9.17, 15) is 4.79 Å². The third-order valence-corrected chi connectivity index (χ3v) is 7.39. The number of piperazine rings is 1. The van der Waals surface area contributed by atoms with Gasteiger partial charge in [0.15, 0.2) is 5.01 Å². The highest BCUT2D eigenvalue weighted by molar-refractivity contribution is 7.18. The number of rotatable bonds is 4. The number of hydrogen-bond acceptors (Lipinski definition) is 9. The summed E-state index contributed by atoms with van der Waals surface area (Å²) < 4.78 is 11.1. The monoisotopic (exact) mass is 492 g/mol. The maximum Gasteiger partial charge on any atom is 0.410 e. The van der Waals surface area contributed by atoms with Crippen LogP contribution in [-0.4, -0.2) is 76.2 Å². The van der Waals surface area contributed by atoms with Gasteiger partial charge in [-0.3, -0.25) is 4.90 Å². The number of amides is 1. The first kappa shape index (κ1) is 22.6. The minimum atomic E-state index is -0.495. The molecule has 9 nitrogen and oxygen atoms in total. The van der Waals surface area contributed by atoms with E-state index in [-0.39, 0.29) is 24.2 Å². The number of fused-ring (bicyclic) bond motifs is 2. The first-order chi connectivity index (χ1) is 15.8. The fraction of sp³-hybridized carbons (Fsp3) is 0.636. The fourth-order valence-electron chi connectivity index (χ4n) is 4.71. The molecule has 178 valence electrons. The molecule has 33 heavy (non-hydrogen) atoms. The fourth-order valence-corrected chi connectivity index (χ4v) is 5.76. The second-order valence-corrected chi connectivity index (χ2v) is 11.2. The Hall–Kier alpha value is -2.17. The Morgan fingerprint density at radius 1 is 1.24 bits per heavy atom. The van der Waals surface area contributed by atoms with E-state index in [1.54, 1.807) is 6.20 Å². The summed E-state index contributed by atoms with van der Waals surface area (Å²) in [5.74, 6) is 0. The number of nitrogens with zero attached hydrogens (tertiary/aromatic N) is 5. The number of carbonyl (C=O) groups excluding carboxylic acids is 1. The highest BCUT2D eigenvalue weighted by Gasteiger charge is 2.45. The number of halogens is 1. The molecule has 2 aromatic heterocycles. The van der Waals surface area contributed by atoms with Gasteiger partial charge in [-0.05, 0) is 46.1 Å². The molecule has 3 atom stereocenters. The zero-order valence-corrected chi connectivity index (χ0v) is 20.7. The summed E-state index contributed by atoms with van der Waals surface area (Å²) in [6, 6.07) is 2.33.